The minimum atomic E-state index is -1.12. The van der Waals surface area contributed by atoms with Gasteiger partial charge in [0.05, 0.1) is 13.7 Å². The van der Waals surface area contributed by atoms with Crippen LogP contribution < -0.4 is 4.74 Å². The van der Waals surface area contributed by atoms with Gasteiger partial charge < -0.3 is 19.1 Å². The maximum atomic E-state index is 12.6. The lowest BCUT2D eigenvalue weighted by Gasteiger charge is -2.21. The molecule has 0 unspecified atom stereocenters. The van der Waals surface area contributed by atoms with Gasteiger partial charge in [-0.15, -0.1) is 0 Å². The van der Waals surface area contributed by atoms with E-state index in [0.29, 0.717) is 17.9 Å². The van der Waals surface area contributed by atoms with Crippen LogP contribution in [-0.2, 0) is 19.1 Å². The van der Waals surface area contributed by atoms with Gasteiger partial charge in [0.15, 0.2) is 12.6 Å². The topological polar surface area (TPSA) is 82.1 Å². The number of nitrogens with zero attached hydrogens (tertiary/aromatic N) is 1. The molecule has 1 amide bonds. The van der Waals surface area contributed by atoms with E-state index in [9.17, 15) is 14.4 Å². The molecule has 0 N–H and O–H groups in total. The molecule has 1 aliphatic rings. The number of Topliss-reactive ketones (excluding diaryl/α,β-unsaturated/α-hetero) is 1. The average molecular weight is 394 g/mol. The van der Waals surface area contributed by atoms with Crippen LogP contribution in [0.3, 0.4) is 0 Å². The second kappa shape index (κ2) is 9.14. The summed E-state index contributed by atoms with van der Waals surface area (Å²) in [7, 11) is 0.121. The predicted molar refractivity (Wildman–Crippen MR) is 103 cm³/mol. The van der Waals surface area contributed by atoms with Gasteiger partial charge in [0.1, 0.15) is 11.8 Å². The monoisotopic (exact) mass is 393 g/mol. The number of hydrogen-bond donors (Lipinski definition) is 0. The molecule has 1 aliphatic heterocycles. The normalized spacial score (nSPS) is 17.1. The van der Waals surface area contributed by atoms with Crippen molar-refractivity contribution in [3.63, 3.8) is 0 Å². The van der Waals surface area contributed by atoms with E-state index >= 15 is 0 Å². The first-order chi connectivity index (χ1) is 12.7. The summed E-state index contributed by atoms with van der Waals surface area (Å²) in [5.41, 5.74) is 0.380. The van der Waals surface area contributed by atoms with E-state index in [1.807, 2.05) is 0 Å². The minimum absolute atomic E-state index is 0.00559. The smallest absolute Gasteiger partial charge is 0.329 e. The molecule has 1 heterocycles. The molecule has 0 radical (unpaired) electrons. The highest BCUT2D eigenvalue weighted by Gasteiger charge is 2.39. The van der Waals surface area contributed by atoms with Gasteiger partial charge in [-0.05, 0) is 30.3 Å². The molecule has 0 aromatic heterocycles. The lowest BCUT2D eigenvalue weighted by Crippen LogP contribution is -2.41. The summed E-state index contributed by atoms with van der Waals surface area (Å²) < 4.78 is 15.7. The molecule has 27 heavy (non-hydrogen) atoms. The zero-order valence-corrected chi connectivity index (χ0v) is 17.3. The van der Waals surface area contributed by atoms with E-state index in [-0.39, 0.29) is 31.4 Å². The molecule has 0 aliphatic carbocycles. The zero-order valence-electron chi connectivity index (χ0n) is 16.3. The summed E-state index contributed by atoms with van der Waals surface area (Å²) in [6, 6.07) is 6.76. The van der Waals surface area contributed by atoms with E-state index in [4.69, 9.17) is 9.47 Å². The summed E-state index contributed by atoms with van der Waals surface area (Å²) in [6.07, 6.45) is -0.00559. The molecule has 8 heteroatoms. The van der Waals surface area contributed by atoms with Crippen LogP contribution in [0.5, 0.6) is 5.75 Å². The van der Waals surface area contributed by atoms with E-state index in [2.05, 4.69) is 24.4 Å². The molecule has 1 atom stereocenters. The third kappa shape index (κ3) is 6.18. The van der Waals surface area contributed by atoms with E-state index in [0.717, 1.165) is 6.04 Å². The van der Waals surface area contributed by atoms with E-state index in [1.54, 1.807) is 24.3 Å². The second-order valence-electron chi connectivity index (χ2n) is 7.72. The molecule has 1 aromatic carbocycles. The summed E-state index contributed by atoms with van der Waals surface area (Å²) in [5.74, 6) is -0.533. The second-order valence-corrected chi connectivity index (χ2v) is 13.3. The number of rotatable bonds is 8. The number of ketones is 1. The Labute approximate surface area is 160 Å². The van der Waals surface area contributed by atoms with Crippen LogP contribution in [0.1, 0.15) is 16.8 Å². The first-order valence-electron chi connectivity index (χ1n) is 8.92. The highest BCUT2D eigenvalue weighted by atomic mass is 28.3. The quantitative estimate of drug-likeness (QED) is 0.292. The summed E-state index contributed by atoms with van der Waals surface area (Å²) in [6.45, 7) is 7.59. The van der Waals surface area contributed by atoms with Gasteiger partial charge in [-0.25, -0.2) is 4.79 Å². The van der Waals surface area contributed by atoms with E-state index < -0.39 is 20.1 Å². The molecule has 1 fully saturated rings. The van der Waals surface area contributed by atoms with Crippen molar-refractivity contribution >= 4 is 25.7 Å². The molecule has 1 saturated heterocycles. The van der Waals surface area contributed by atoms with Crippen LogP contribution in [-0.4, -0.2) is 63.7 Å². The van der Waals surface area contributed by atoms with Gasteiger partial charge in [0, 0.05) is 26.7 Å². The van der Waals surface area contributed by atoms with Crippen LogP contribution in [0.25, 0.3) is 0 Å². The van der Waals surface area contributed by atoms with Crippen molar-refractivity contribution in [2.24, 2.45) is 0 Å². The Morgan fingerprint density at radius 1 is 1.19 bits per heavy atom. The highest BCUT2D eigenvalue weighted by Crippen LogP contribution is 2.21. The zero-order chi connectivity index (χ0) is 20.0. The molecule has 0 spiro atoms. The molecule has 7 nitrogen and oxygen atoms in total. The number of amides is 1. The van der Waals surface area contributed by atoms with Crippen molar-refractivity contribution in [3.05, 3.63) is 29.8 Å². The van der Waals surface area contributed by atoms with Crippen molar-refractivity contribution in [1.82, 2.24) is 4.90 Å². The van der Waals surface area contributed by atoms with Crippen LogP contribution in [0, 0.1) is 0 Å². The van der Waals surface area contributed by atoms with Crippen LogP contribution in [0.15, 0.2) is 24.3 Å². The highest BCUT2D eigenvalue weighted by molar-refractivity contribution is 6.76. The molecule has 148 valence electrons. The summed E-state index contributed by atoms with van der Waals surface area (Å²) in [4.78, 5) is 37.4. The Hall–Kier alpha value is -2.19. The maximum absolute atomic E-state index is 12.6. The lowest BCUT2D eigenvalue weighted by molar-refractivity contribution is -0.145. The number of esters is 1. The molecule has 0 saturated carbocycles. The molecule has 1 aromatic rings. The van der Waals surface area contributed by atoms with Gasteiger partial charge >= 0.3 is 5.97 Å². The predicted octanol–water partition coefficient (Wildman–Crippen LogP) is 2.33. The summed E-state index contributed by atoms with van der Waals surface area (Å²) in [5, 5.41) is 0. The minimum Gasteiger partial charge on any atom is -0.468 e. The van der Waals surface area contributed by atoms with E-state index in [1.165, 1.54) is 12.0 Å². The van der Waals surface area contributed by atoms with Crippen LogP contribution >= 0.6 is 0 Å². The third-order valence-electron chi connectivity index (χ3n) is 4.28. The third-order valence-corrected chi connectivity index (χ3v) is 5.99. The fourth-order valence-electron chi connectivity index (χ4n) is 2.66. The van der Waals surface area contributed by atoms with Crippen molar-refractivity contribution in [2.45, 2.75) is 38.1 Å². The number of carbonyl (C=O) groups excluding carboxylic acids is 3. The maximum Gasteiger partial charge on any atom is 0.329 e. The van der Waals surface area contributed by atoms with Crippen LogP contribution in [0.4, 0.5) is 0 Å². The average Bonchev–Trinajstić information content (AvgIpc) is 3.01. The molecular weight excluding hydrogens is 366 g/mol. The van der Waals surface area contributed by atoms with Crippen LogP contribution in [0.2, 0.25) is 25.7 Å². The number of hydrogen-bond acceptors (Lipinski definition) is 6. The largest absolute Gasteiger partial charge is 0.468 e. The number of methoxy groups -OCH3 is 1. The van der Waals surface area contributed by atoms with Crippen molar-refractivity contribution in [1.29, 1.82) is 0 Å². The molecule has 0 bridgehead atoms. The fraction of sp³-hybridized carbons (Fsp3) is 0.526. The van der Waals surface area contributed by atoms with Gasteiger partial charge in [-0.1, -0.05) is 19.6 Å². The van der Waals surface area contributed by atoms with Crippen molar-refractivity contribution in [3.8, 4) is 5.75 Å². The standard InChI is InChI=1S/C19H27NO6Si/c1-24-19(23)17-11-15(21)12-20(17)18(22)14-5-7-16(8-6-14)26-13-25-9-10-27(2,3)4/h5-8,17H,9-13H2,1-4H3/t17-/m0/s1. The van der Waals surface area contributed by atoms with Gasteiger partial charge in [-0.2, -0.15) is 0 Å². The Balaban J connectivity index is 1.89. The Morgan fingerprint density at radius 3 is 2.44 bits per heavy atom. The fourth-order valence-corrected chi connectivity index (χ4v) is 3.41. The lowest BCUT2D eigenvalue weighted by atomic mass is 10.1. The number of likely N-dealkylation sites (tertiary alicyclic amines) is 1. The first-order valence-corrected chi connectivity index (χ1v) is 12.6. The summed E-state index contributed by atoms with van der Waals surface area (Å²) >= 11 is 0. The molecule has 2 rings (SSSR count). The first kappa shape index (κ1) is 21.1. The van der Waals surface area contributed by atoms with Gasteiger partial charge in [0.2, 0.25) is 0 Å². The SMILES string of the molecule is COC(=O)[C@@H]1CC(=O)CN1C(=O)c1ccc(OCOCC[Si](C)(C)C)cc1. The van der Waals surface area contributed by atoms with Crippen molar-refractivity contribution in [2.75, 3.05) is 27.1 Å². The van der Waals surface area contributed by atoms with Gasteiger partial charge in [-0.3, -0.25) is 9.59 Å². The van der Waals surface area contributed by atoms with Crippen molar-refractivity contribution < 1.29 is 28.6 Å². The Kier molecular flexibility index (Phi) is 7.15. The Bertz CT molecular complexity index is 682. The Morgan fingerprint density at radius 2 is 1.85 bits per heavy atom. The number of benzene rings is 1. The van der Waals surface area contributed by atoms with Gasteiger partial charge in [0.25, 0.3) is 5.91 Å². The number of carbonyl (C=O) groups is 3. The number of ether oxygens (including phenoxy) is 3. The molecular formula is C19H27NO6Si.